The molecule has 0 bridgehead atoms. The van der Waals surface area contributed by atoms with E-state index in [9.17, 15) is 29.5 Å². The third-order valence-electron chi connectivity index (χ3n) is 6.02. The van der Waals surface area contributed by atoms with Crippen molar-refractivity contribution < 1.29 is 33.9 Å². The second-order valence-corrected chi connectivity index (χ2v) is 12.3. The summed E-state index contributed by atoms with van der Waals surface area (Å²) >= 11 is 3.67. The minimum Gasteiger partial charge on any atom is -0.594 e. The Kier molecular flexibility index (Phi) is 9.22. The van der Waals surface area contributed by atoms with E-state index in [2.05, 4.69) is 21.0 Å². The van der Waals surface area contributed by atoms with Gasteiger partial charge in [-0.1, -0.05) is 36.5 Å². The fourth-order valence-corrected chi connectivity index (χ4v) is 7.33. The number of carboxylic acid groups (broad SMARTS) is 1. The molecule has 4 amide bonds. The number of β-lactam (4-membered cyclic amide) rings is 1. The molecule has 0 aliphatic carbocycles. The van der Waals surface area contributed by atoms with Crippen LogP contribution in [0.4, 0.5) is 4.79 Å². The molecule has 2 aromatic rings. The molecule has 0 spiro atoms. The van der Waals surface area contributed by atoms with Gasteiger partial charge >= 0.3 is 12.0 Å². The molecule has 16 heteroatoms. The lowest BCUT2D eigenvalue weighted by Crippen LogP contribution is -2.81. The highest BCUT2D eigenvalue weighted by molar-refractivity contribution is 8.01. The van der Waals surface area contributed by atoms with Crippen LogP contribution in [0.15, 0.2) is 52.1 Å². The first-order valence-electron chi connectivity index (χ1n) is 12.1. The van der Waals surface area contributed by atoms with E-state index in [0.717, 1.165) is 4.90 Å². The van der Waals surface area contributed by atoms with E-state index in [0.29, 0.717) is 26.9 Å². The van der Waals surface area contributed by atoms with Gasteiger partial charge in [-0.15, -0.1) is 23.1 Å². The zero-order valence-corrected chi connectivity index (χ0v) is 24.2. The molecule has 1 saturated heterocycles. The van der Waals surface area contributed by atoms with Crippen LogP contribution in [0, 0.1) is 11.1 Å². The molecule has 4 rings (SSSR count). The van der Waals surface area contributed by atoms with E-state index in [1.807, 2.05) is 13.8 Å². The number of carbonyl (C=O) groups is 4. The van der Waals surface area contributed by atoms with Crippen LogP contribution in [0.3, 0.4) is 0 Å². The highest BCUT2D eigenvalue weighted by Gasteiger charge is 2.67. The van der Waals surface area contributed by atoms with Gasteiger partial charge in [-0.05, 0) is 29.0 Å². The predicted molar refractivity (Wildman–Crippen MR) is 148 cm³/mol. The Morgan fingerprint density at radius 2 is 2.12 bits per heavy atom. The number of fused-ring (bicyclic) bond motifs is 1. The molecule has 40 heavy (non-hydrogen) atoms. The third kappa shape index (κ3) is 6.04. The first-order chi connectivity index (χ1) is 19.1. The second-order valence-electron chi connectivity index (χ2n) is 9.26. The van der Waals surface area contributed by atoms with Crippen LogP contribution in [-0.2, 0) is 19.1 Å². The van der Waals surface area contributed by atoms with Gasteiger partial charge < -0.3 is 31.0 Å². The molecule has 2 unspecified atom stereocenters. The highest BCUT2D eigenvalue weighted by atomic mass is 32.2. The maximum absolute atomic E-state index is 13.5. The van der Waals surface area contributed by atoms with Gasteiger partial charge in [0.15, 0.2) is 5.03 Å². The molecule has 0 radical (unpaired) electrons. The number of nitrogens with one attached hydrogen (secondary N) is 3. The largest absolute Gasteiger partial charge is 0.594 e. The van der Waals surface area contributed by atoms with Gasteiger partial charge in [0.1, 0.15) is 17.1 Å². The van der Waals surface area contributed by atoms with Gasteiger partial charge in [0.05, 0.1) is 0 Å². The molecule has 0 saturated carbocycles. The zero-order chi connectivity index (χ0) is 29.0. The smallest absolute Gasteiger partial charge is 0.352 e. The van der Waals surface area contributed by atoms with Crippen LogP contribution in [-0.4, -0.2) is 75.2 Å². The minimum absolute atomic E-state index is 0.185. The summed E-state index contributed by atoms with van der Waals surface area (Å²) in [5.74, 6) is -2.11. The van der Waals surface area contributed by atoms with Crippen molar-refractivity contribution in [2.45, 2.75) is 36.0 Å². The van der Waals surface area contributed by atoms with Crippen molar-refractivity contribution >= 4 is 58.7 Å². The van der Waals surface area contributed by atoms with Crippen LogP contribution in [0.2, 0.25) is 0 Å². The van der Waals surface area contributed by atoms with Crippen LogP contribution in [0.5, 0.6) is 0 Å². The molecule has 214 valence electrons. The maximum atomic E-state index is 13.5. The zero-order valence-electron chi connectivity index (χ0n) is 21.8. The topological polar surface area (TPSA) is 177 Å². The number of rotatable bonds is 11. The molecule has 0 aromatic carbocycles. The van der Waals surface area contributed by atoms with E-state index in [-0.39, 0.29) is 23.1 Å². The lowest BCUT2D eigenvalue weighted by Gasteiger charge is -2.56. The monoisotopic (exact) mass is 608 g/mol. The van der Waals surface area contributed by atoms with E-state index in [1.165, 1.54) is 54.2 Å². The average molecular weight is 609 g/mol. The van der Waals surface area contributed by atoms with Crippen molar-refractivity contribution in [3.05, 3.63) is 57.2 Å². The molecular weight excluding hydrogens is 581 g/mol. The van der Waals surface area contributed by atoms with Crippen molar-refractivity contribution in [2.75, 3.05) is 25.2 Å². The molecule has 4 N–H and O–H groups in total. The summed E-state index contributed by atoms with van der Waals surface area (Å²) in [4.78, 5) is 53.8. The van der Waals surface area contributed by atoms with Crippen LogP contribution >= 0.6 is 34.9 Å². The molecule has 4 heterocycles. The van der Waals surface area contributed by atoms with Crippen molar-refractivity contribution in [2.24, 2.45) is 5.92 Å². The van der Waals surface area contributed by atoms with Gasteiger partial charge in [-0.3, -0.25) is 14.5 Å². The molecule has 13 nitrogen and oxygen atoms in total. The van der Waals surface area contributed by atoms with Crippen LogP contribution < -0.4 is 20.8 Å². The van der Waals surface area contributed by atoms with Crippen molar-refractivity contribution in [3.8, 4) is 0 Å². The lowest BCUT2D eigenvalue weighted by atomic mass is 9.97. The number of ether oxygens (including phenoxy) is 1. The van der Waals surface area contributed by atoms with Gasteiger partial charge in [0.2, 0.25) is 6.20 Å². The number of carbonyl (C=O) groups excluding carboxylic acids is 3. The number of hydrogen-bond acceptors (Lipinski definition) is 10. The first kappa shape index (κ1) is 29.6. The fourth-order valence-electron chi connectivity index (χ4n) is 4.11. The summed E-state index contributed by atoms with van der Waals surface area (Å²) in [6.45, 7) is 4.28. The molecule has 2 aromatic heterocycles. The number of amides is 4. The Balaban J connectivity index is 1.53. The Hall–Kier alpha value is -3.34. The number of carboxylic acids is 1. The summed E-state index contributed by atoms with van der Waals surface area (Å²) in [6.07, 6.45) is 1.24. The Morgan fingerprint density at radius 1 is 1.35 bits per heavy atom. The average Bonchev–Trinajstić information content (AvgIpc) is 3.46. The highest BCUT2D eigenvalue weighted by Crippen LogP contribution is 2.47. The molecule has 2 aliphatic heterocycles. The molecule has 3 atom stereocenters. The van der Waals surface area contributed by atoms with E-state index in [1.54, 1.807) is 23.6 Å². The lowest BCUT2D eigenvalue weighted by molar-refractivity contribution is -0.672. The van der Waals surface area contributed by atoms with Crippen molar-refractivity contribution in [3.63, 3.8) is 0 Å². The summed E-state index contributed by atoms with van der Waals surface area (Å²) in [6, 6.07) is 4.92. The predicted octanol–water partition coefficient (Wildman–Crippen LogP) is 1.28. The first-order valence-corrected chi connectivity index (χ1v) is 15.0. The molecule has 1 fully saturated rings. The van der Waals surface area contributed by atoms with Crippen molar-refractivity contribution in [1.29, 1.82) is 0 Å². The number of hydrogen-bond donors (Lipinski definition) is 4. The van der Waals surface area contributed by atoms with Crippen LogP contribution in [0.25, 0.3) is 0 Å². The molecular formula is C24H28N6O7S3. The normalized spacial score (nSPS) is 20.9. The number of aliphatic carboxylic acids is 1. The van der Waals surface area contributed by atoms with E-state index < -0.39 is 41.0 Å². The Labute approximate surface area is 242 Å². The Morgan fingerprint density at radius 3 is 2.75 bits per heavy atom. The third-order valence-corrected chi connectivity index (χ3v) is 9.34. The van der Waals surface area contributed by atoms with Crippen LogP contribution in [0.1, 0.15) is 24.8 Å². The number of nitrogens with zero attached hydrogens (tertiary/aromatic N) is 3. The second kappa shape index (κ2) is 12.4. The number of aromatic nitrogens is 2. The fraction of sp³-hybridized carbons (Fsp3) is 0.417. The number of methoxy groups -OCH3 is 1. The summed E-state index contributed by atoms with van der Waals surface area (Å²) < 4.78 is 5.55. The van der Waals surface area contributed by atoms with E-state index >= 15 is 0 Å². The standard InChI is InChI=1S/C24H28N6O7S3/c1-13(2)10-25-23(35)26-17(15-6-5-9-38-15)19(31)27-24(37-3)21(34)30-18(20(32)33)14(12-40-22(24)30)11-39-16-7-4-8-29(36)28-16/h4-9,13,17,22H,10-12H2,1-3H3,(H,27,31)(H,32,33)(H2,25,26,35)/t17?,22?,24-/m1/s1. The summed E-state index contributed by atoms with van der Waals surface area (Å²) in [5, 5.41) is 34.6. The number of thiophene rings is 1. The molecule has 2 aliphatic rings. The van der Waals surface area contributed by atoms with Gasteiger partial charge in [-0.25, -0.2) is 9.59 Å². The number of urea groups is 1. The quantitative estimate of drug-likeness (QED) is 0.0955. The van der Waals surface area contributed by atoms with Gasteiger partial charge in [-0.2, -0.15) is 0 Å². The summed E-state index contributed by atoms with van der Waals surface area (Å²) in [7, 11) is 1.26. The van der Waals surface area contributed by atoms with Gasteiger partial charge in [0.25, 0.3) is 17.5 Å². The maximum Gasteiger partial charge on any atom is 0.352 e. The van der Waals surface area contributed by atoms with Gasteiger partial charge in [0, 0.05) is 41.2 Å². The summed E-state index contributed by atoms with van der Waals surface area (Å²) in [5.41, 5.74) is -1.57. The van der Waals surface area contributed by atoms with Crippen molar-refractivity contribution in [1.82, 2.24) is 25.9 Å². The minimum atomic E-state index is -1.83. The van der Waals surface area contributed by atoms with E-state index in [4.69, 9.17) is 4.74 Å². The SMILES string of the molecule is CO[C@]1(NC(=O)C(NC(=O)NCC(C)C)c2cccs2)C(=O)N2C(C(=O)O)=C(CSc3ccc[n+]([O-])n3)CSC21. The number of thioether (sulfide) groups is 2. The Bertz CT molecular complexity index is 1320.